The first-order valence-corrected chi connectivity index (χ1v) is 9.17. The molecule has 1 aliphatic rings. The van der Waals surface area contributed by atoms with Crippen molar-refractivity contribution in [2.75, 3.05) is 13.1 Å². The lowest BCUT2D eigenvalue weighted by Gasteiger charge is -2.44. The molecule has 4 heteroatoms. The van der Waals surface area contributed by atoms with Gasteiger partial charge in [-0.05, 0) is 64.3 Å². The molecular weight excluding hydrogens is 216 g/mol. The van der Waals surface area contributed by atoms with Gasteiger partial charge in [-0.2, -0.15) is 0 Å². The average molecular weight is 244 g/mol. The van der Waals surface area contributed by atoms with E-state index in [1.165, 1.54) is 31.0 Å². The zero-order valence-corrected chi connectivity index (χ0v) is 11.9. The number of rotatable bonds is 6. The first kappa shape index (κ1) is 14.2. The summed E-state index contributed by atoms with van der Waals surface area (Å²) in [5.41, 5.74) is 11.4. The second-order valence-corrected chi connectivity index (χ2v) is 9.75. The summed E-state index contributed by atoms with van der Waals surface area (Å²) >= 11 is 0. The topological polar surface area (TPSA) is 61.3 Å². The standard InChI is InChI=1S/C12H28N2OSi/c1-12(2)6-3-9-16(15-12,10-4-7-13)11-5-8-14/h3-11,13-14H2,1-2H3. The van der Waals surface area contributed by atoms with Crippen molar-refractivity contribution in [2.45, 2.75) is 63.3 Å². The zero-order chi connectivity index (χ0) is 12.1. The maximum Gasteiger partial charge on any atom is 0.193 e. The van der Waals surface area contributed by atoms with Gasteiger partial charge in [0.05, 0.1) is 5.60 Å². The van der Waals surface area contributed by atoms with E-state index in [1.807, 2.05) is 0 Å². The molecule has 0 aromatic carbocycles. The Balaban J connectivity index is 2.61. The molecule has 16 heavy (non-hydrogen) atoms. The molecule has 0 atom stereocenters. The summed E-state index contributed by atoms with van der Waals surface area (Å²) in [6.45, 7) is 6.06. The summed E-state index contributed by atoms with van der Waals surface area (Å²) in [6.07, 6.45) is 4.76. The first-order chi connectivity index (χ1) is 7.54. The van der Waals surface area contributed by atoms with E-state index in [9.17, 15) is 0 Å². The van der Waals surface area contributed by atoms with Crippen LogP contribution in [-0.4, -0.2) is 27.0 Å². The Morgan fingerprint density at radius 1 is 1.12 bits per heavy atom. The van der Waals surface area contributed by atoms with Crippen molar-refractivity contribution >= 4 is 8.32 Å². The molecule has 1 heterocycles. The molecule has 4 N–H and O–H groups in total. The van der Waals surface area contributed by atoms with Crippen LogP contribution in [0.3, 0.4) is 0 Å². The minimum absolute atomic E-state index is 0.0909. The van der Waals surface area contributed by atoms with E-state index in [2.05, 4.69) is 13.8 Å². The van der Waals surface area contributed by atoms with Gasteiger partial charge in [-0.3, -0.25) is 0 Å². The SMILES string of the molecule is CC1(C)CCC[Si](CCCN)(CCCN)O1. The van der Waals surface area contributed by atoms with Gasteiger partial charge in [0.1, 0.15) is 0 Å². The molecule has 0 amide bonds. The van der Waals surface area contributed by atoms with E-state index in [4.69, 9.17) is 15.9 Å². The van der Waals surface area contributed by atoms with Crippen LogP contribution in [0.2, 0.25) is 18.1 Å². The summed E-state index contributed by atoms with van der Waals surface area (Å²) in [5.74, 6) is 0. The molecule has 0 unspecified atom stereocenters. The van der Waals surface area contributed by atoms with Gasteiger partial charge in [-0.15, -0.1) is 0 Å². The van der Waals surface area contributed by atoms with E-state index in [-0.39, 0.29) is 5.60 Å². The Labute approximate surface area is 101 Å². The van der Waals surface area contributed by atoms with Crippen LogP contribution in [0.5, 0.6) is 0 Å². The molecule has 0 radical (unpaired) electrons. The minimum atomic E-state index is -1.52. The van der Waals surface area contributed by atoms with Crippen molar-refractivity contribution in [1.29, 1.82) is 0 Å². The van der Waals surface area contributed by atoms with Crippen LogP contribution < -0.4 is 11.5 Å². The number of hydrogen-bond donors (Lipinski definition) is 2. The summed E-state index contributed by atoms with van der Waals surface area (Å²) in [7, 11) is -1.52. The lowest BCUT2D eigenvalue weighted by molar-refractivity contribution is 0.0672. The van der Waals surface area contributed by atoms with E-state index in [0.717, 1.165) is 25.9 Å². The normalized spacial score (nSPS) is 23.2. The van der Waals surface area contributed by atoms with Crippen molar-refractivity contribution in [3.8, 4) is 0 Å². The highest BCUT2D eigenvalue weighted by Gasteiger charge is 2.42. The third kappa shape index (κ3) is 4.16. The third-order valence-electron chi connectivity index (χ3n) is 3.58. The highest BCUT2D eigenvalue weighted by Crippen LogP contribution is 2.38. The number of hydrogen-bond acceptors (Lipinski definition) is 3. The van der Waals surface area contributed by atoms with Crippen LogP contribution in [-0.2, 0) is 4.43 Å². The first-order valence-electron chi connectivity index (χ1n) is 6.64. The molecule has 1 fully saturated rings. The summed E-state index contributed by atoms with van der Waals surface area (Å²) in [4.78, 5) is 0. The summed E-state index contributed by atoms with van der Waals surface area (Å²) in [5, 5.41) is 0. The maximum absolute atomic E-state index is 6.49. The van der Waals surface area contributed by atoms with Gasteiger partial charge in [0.25, 0.3) is 0 Å². The maximum atomic E-state index is 6.49. The Bertz CT molecular complexity index is 201. The average Bonchev–Trinajstić information content (AvgIpc) is 2.22. The molecule has 0 saturated carbocycles. The van der Waals surface area contributed by atoms with Crippen LogP contribution >= 0.6 is 0 Å². The smallest absolute Gasteiger partial charge is 0.193 e. The molecular formula is C12H28N2OSi. The van der Waals surface area contributed by atoms with Gasteiger partial charge in [-0.1, -0.05) is 6.42 Å². The van der Waals surface area contributed by atoms with Crippen LogP contribution in [0.25, 0.3) is 0 Å². The van der Waals surface area contributed by atoms with Gasteiger partial charge in [-0.25, -0.2) is 0 Å². The lowest BCUT2D eigenvalue weighted by Crippen LogP contribution is -2.49. The second kappa shape index (κ2) is 6.14. The van der Waals surface area contributed by atoms with Crippen molar-refractivity contribution in [1.82, 2.24) is 0 Å². The van der Waals surface area contributed by atoms with Crippen LogP contribution in [0.4, 0.5) is 0 Å². The summed E-state index contributed by atoms with van der Waals surface area (Å²) < 4.78 is 6.49. The van der Waals surface area contributed by atoms with Crippen LogP contribution in [0.1, 0.15) is 39.5 Å². The van der Waals surface area contributed by atoms with Crippen LogP contribution in [0.15, 0.2) is 0 Å². The van der Waals surface area contributed by atoms with Crippen LogP contribution in [0, 0.1) is 0 Å². The van der Waals surface area contributed by atoms with Gasteiger partial charge < -0.3 is 15.9 Å². The van der Waals surface area contributed by atoms with Gasteiger partial charge in [0.2, 0.25) is 0 Å². The second-order valence-electron chi connectivity index (χ2n) is 5.68. The monoisotopic (exact) mass is 244 g/mol. The van der Waals surface area contributed by atoms with Crippen molar-refractivity contribution in [3.63, 3.8) is 0 Å². The molecule has 0 aromatic heterocycles. The zero-order valence-electron chi connectivity index (χ0n) is 10.9. The molecule has 0 aromatic rings. The van der Waals surface area contributed by atoms with Gasteiger partial charge >= 0.3 is 0 Å². The molecule has 1 saturated heterocycles. The van der Waals surface area contributed by atoms with Gasteiger partial charge in [0, 0.05) is 0 Å². The van der Waals surface area contributed by atoms with Gasteiger partial charge in [0.15, 0.2) is 8.32 Å². The fourth-order valence-corrected chi connectivity index (χ4v) is 7.70. The summed E-state index contributed by atoms with van der Waals surface area (Å²) in [6, 6.07) is 3.77. The molecule has 1 aliphatic heterocycles. The number of nitrogens with two attached hydrogens (primary N) is 2. The van der Waals surface area contributed by atoms with Crippen molar-refractivity contribution in [2.24, 2.45) is 11.5 Å². The van der Waals surface area contributed by atoms with Crippen molar-refractivity contribution < 1.29 is 4.43 Å². The van der Waals surface area contributed by atoms with Crippen molar-refractivity contribution in [3.05, 3.63) is 0 Å². The molecule has 96 valence electrons. The fraction of sp³-hybridized carbons (Fsp3) is 1.00. The lowest BCUT2D eigenvalue weighted by atomic mass is 10.0. The minimum Gasteiger partial charge on any atom is -0.412 e. The van der Waals surface area contributed by atoms with E-state index in [1.54, 1.807) is 0 Å². The predicted molar refractivity (Wildman–Crippen MR) is 71.9 cm³/mol. The highest BCUT2D eigenvalue weighted by molar-refractivity contribution is 6.74. The predicted octanol–water partition coefficient (Wildman–Crippen LogP) is 2.22. The molecule has 0 aliphatic carbocycles. The largest absolute Gasteiger partial charge is 0.412 e. The Hall–Kier alpha value is 0.0969. The van der Waals surface area contributed by atoms with E-state index in [0.29, 0.717) is 0 Å². The fourth-order valence-electron chi connectivity index (χ4n) is 2.85. The van der Waals surface area contributed by atoms with E-state index >= 15 is 0 Å². The highest BCUT2D eigenvalue weighted by atomic mass is 28.4. The third-order valence-corrected chi connectivity index (χ3v) is 8.36. The molecule has 3 nitrogen and oxygen atoms in total. The Morgan fingerprint density at radius 2 is 1.69 bits per heavy atom. The quantitative estimate of drug-likeness (QED) is 0.704. The van der Waals surface area contributed by atoms with E-state index < -0.39 is 8.32 Å². The molecule has 0 bridgehead atoms. The molecule has 1 rings (SSSR count). The Morgan fingerprint density at radius 3 is 2.12 bits per heavy atom. The Kier molecular flexibility index (Phi) is 5.44. The molecule has 0 spiro atoms.